The summed E-state index contributed by atoms with van der Waals surface area (Å²) in [5.41, 5.74) is 2.51. The van der Waals surface area contributed by atoms with Gasteiger partial charge in [-0.25, -0.2) is 9.78 Å². The number of benzene rings is 1. The number of hydrogen-bond acceptors (Lipinski definition) is 4. The number of fused-ring (bicyclic) bond motifs is 1. The van der Waals surface area contributed by atoms with Crippen LogP contribution in [0.5, 0.6) is 0 Å². The summed E-state index contributed by atoms with van der Waals surface area (Å²) in [6.07, 6.45) is 4.60. The van der Waals surface area contributed by atoms with Crippen LogP contribution in [0.15, 0.2) is 51.0 Å². The molecule has 2 heterocycles. The molecule has 0 aliphatic carbocycles. The second-order valence-electron chi connectivity index (χ2n) is 4.88. The Morgan fingerprint density at radius 2 is 2.19 bits per heavy atom. The van der Waals surface area contributed by atoms with Crippen molar-refractivity contribution < 1.29 is 4.42 Å². The molecule has 0 saturated heterocycles. The summed E-state index contributed by atoms with van der Waals surface area (Å²) in [5, 5.41) is 1.93. The van der Waals surface area contributed by atoms with Gasteiger partial charge in [0.2, 0.25) is 0 Å². The van der Waals surface area contributed by atoms with E-state index >= 15 is 0 Å². The predicted molar refractivity (Wildman–Crippen MR) is 84.6 cm³/mol. The zero-order valence-corrected chi connectivity index (χ0v) is 12.8. The van der Waals surface area contributed by atoms with Crippen LogP contribution in [0, 0.1) is 0 Å². The second-order valence-corrected chi connectivity index (χ2v) is 5.83. The van der Waals surface area contributed by atoms with Crippen LogP contribution < -0.4 is 5.63 Å². The monoisotopic (exact) mass is 300 g/mol. The lowest BCUT2D eigenvalue weighted by Crippen LogP contribution is -2.00. The van der Waals surface area contributed by atoms with Crippen molar-refractivity contribution in [3.8, 4) is 0 Å². The molecule has 0 amide bonds. The van der Waals surface area contributed by atoms with Gasteiger partial charge in [0, 0.05) is 36.6 Å². The molecule has 0 radical (unpaired) electrons. The molecule has 2 aromatic heterocycles. The first kappa shape index (κ1) is 13.9. The van der Waals surface area contributed by atoms with Crippen molar-refractivity contribution in [1.29, 1.82) is 0 Å². The van der Waals surface area contributed by atoms with Crippen LogP contribution in [0.1, 0.15) is 18.1 Å². The largest absolute Gasteiger partial charge is 0.423 e. The summed E-state index contributed by atoms with van der Waals surface area (Å²) in [4.78, 5) is 16.0. The van der Waals surface area contributed by atoms with Crippen LogP contribution in [0.25, 0.3) is 11.0 Å². The number of hydrogen-bond donors (Lipinski definition) is 0. The lowest BCUT2D eigenvalue weighted by molar-refractivity contribution is 0.559. The molecule has 0 atom stereocenters. The number of rotatable bonds is 4. The van der Waals surface area contributed by atoms with E-state index in [1.165, 1.54) is 5.56 Å². The Kier molecular flexibility index (Phi) is 3.84. The van der Waals surface area contributed by atoms with Crippen LogP contribution >= 0.6 is 11.8 Å². The van der Waals surface area contributed by atoms with E-state index in [-0.39, 0.29) is 5.63 Å². The number of aryl methyl sites for hydroxylation is 2. The van der Waals surface area contributed by atoms with Crippen LogP contribution in [0.2, 0.25) is 0 Å². The summed E-state index contributed by atoms with van der Waals surface area (Å²) >= 11 is 1.61. The van der Waals surface area contributed by atoms with Gasteiger partial charge in [0.1, 0.15) is 5.58 Å². The van der Waals surface area contributed by atoms with Crippen LogP contribution in [-0.2, 0) is 19.2 Å². The van der Waals surface area contributed by atoms with Gasteiger partial charge in [0.15, 0.2) is 5.16 Å². The molecule has 1 aromatic carbocycles. The molecular weight excluding hydrogens is 284 g/mol. The van der Waals surface area contributed by atoms with E-state index in [1.54, 1.807) is 24.0 Å². The van der Waals surface area contributed by atoms with Crippen molar-refractivity contribution >= 4 is 22.7 Å². The maximum Gasteiger partial charge on any atom is 0.336 e. The summed E-state index contributed by atoms with van der Waals surface area (Å²) in [6.45, 7) is 2.08. The van der Waals surface area contributed by atoms with Gasteiger partial charge in [-0.05, 0) is 23.6 Å². The zero-order chi connectivity index (χ0) is 14.8. The first-order chi connectivity index (χ1) is 10.2. The molecule has 0 saturated carbocycles. The highest BCUT2D eigenvalue weighted by Crippen LogP contribution is 2.25. The molecule has 0 bridgehead atoms. The van der Waals surface area contributed by atoms with E-state index in [0.717, 1.165) is 22.5 Å². The van der Waals surface area contributed by atoms with Gasteiger partial charge in [0.05, 0.1) is 0 Å². The molecule has 0 spiro atoms. The molecule has 5 heteroatoms. The van der Waals surface area contributed by atoms with Crippen molar-refractivity contribution in [1.82, 2.24) is 9.55 Å². The summed E-state index contributed by atoms with van der Waals surface area (Å²) in [5.74, 6) is 0.693. The van der Waals surface area contributed by atoms with E-state index in [9.17, 15) is 4.79 Å². The quantitative estimate of drug-likeness (QED) is 0.547. The lowest BCUT2D eigenvalue weighted by atomic mass is 10.1. The van der Waals surface area contributed by atoms with Crippen molar-refractivity contribution in [2.75, 3.05) is 0 Å². The highest BCUT2D eigenvalue weighted by Gasteiger charge is 2.08. The Balaban J connectivity index is 1.97. The number of imidazole rings is 1. The molecular formula is C16H16N2O2S. The molecule has 3 rings (SSSR count). The summed E-state index contributed by atoms with van der Waals surface area (Å²) in [7, 11) is 1.96. The Bertz CT molecular complexity index is 836. The summed E-state index contributed by atoms with van der Waals surface area (Å²) < 4.78 is 7.29. The van der Waals surface area contributed by atoms with Gasteiger partial charge in [-0.2, -0.15) is 0 Å². The number of thioether (sulfide) groups is 1. The van der Waals surface area contributed by atoms with E-state index < -0.39 is 0 Å². The van der Waals surface area contributed by atoms with Crippen molar-refractivity contribution in [2.45, 2.75) is 24.3 Å². The van der Waals surface area contributed by atoms with Crippen LogP contribution in [0.3, 0.4) is 0 Å². The Morgan fingerprint density at radius 1 is 1.33 bits per heavy atom. The van der Waals surface area contributed by atoms with E-state index in [1.807, 2.05) is 29.9 Å². The van der Waals surface area contributed by atoms with Gasteiger partial charge in [-0.1, -0.05) is 30.8 Å². The maximum atomic E-state index is 11.7. The van der Waals surface area contributed by atoms with Crippen molar-refractivity contribution in [3.63, 3.8) is 0 Å². The Hall–Kier alpha value is -2.01. The minimum atomic E-state index is -0.300. The molecule has 3 aromatic rings. The topological polar surface area (TPSA) is 48.0 Å². The first-order valence-electron chi connectivity index (χ1n) is 6.83. The number of nitrogens with zero attached hydrogens (tertiary/aromatic N) is 2. The average molecular weight is 300 g/mol. The molecule has 0 fully saturated rings. The second kappa shape index (κ2) is 5.77. The van der Waals surface area contributed by atoms with Crippen molar-refractivity contribution in [3.05, 3.63) is 58.2 Å². The van der Waals surface area contributed by atoms with Gasteiger partial charge < -0.3 is 8.98 Å². The molecule has 0 N–H and O–H groups in total. The number of aromatic nitrogens is 2. The Morgan fingerprint density at radius 3 is 2.90 bits per heavy atom. The Labute approximate surface area is 126 Å². The SMILES string of the molecule is CCc1ccc2c(CSc3nccn3C)cc(=O)oc2c1. The van der Waals surface area contributed by atoms with Gasteiger partial charge in [0.25, 0.3) is 0 Å². The fourth-order valence-electron chi connectivity index (χ4n) is 2.25. The van der Waals surface area contributed by atoms with E-state index in [2.05, 4.69) is 18.0 Å². The average Bonchev–Trinajstić information content (AvgIpc) is 2.89. The fourth-order valence-corrected chi connectivity index (χ4v) is 3.17. The van der Waals surface area contributed by atoms with Gasteiger partial charge >= 0.3 is 5.63 Å². The van der Waals surface area contributed by atoms with Crippen LogP contribution in [0.4, 0.5) is 0 Å². The first-order valence-corrected chi connectivity index (χ1v) is 7.81. The van der Waals surface area contributed by atoms with Crippen molar-refractivity contribution in [2.24, 2.45) is 7.05 Å². The smallest absolute Gasteiger partial charge is 0.336 e. The standard InChI is InChI=1S/C16H16N2O2S/c1-3-11-4-5-13-12(9-15(19)20-14(13)8-11)10-21-16-17-6-7-18(16)2/h4-9H,3,10H2,1-2H3. The third-order valence-corrected chi connectivity index (χ3v) is 4.54. The fraction of sp³-hybridized carbons (Fsp3) is 0.250. The highest BCUT2D eigenvalue weighted by molar-refractivity contribution is 7.98. The normalized spacial score (nSPS) is 11.1. The molecule has 0 aliphatic rings. The minimum absolute atomic E-state index is 0.300. The molecule has 0 aliphatic heterocycles. The van der Waals surface area contributed by atoms with Gasteiger partial charge in [-0.15, -0.1) is 0 Å². The summed E-state index contributed by atoms with van der Waals surface area (Å²) in [6, 6.07) is 7.64. The lowest BCUT2D eigenvalue weighted by Gasteiger charge is -2.06. The molecule has 0 unspecified atom stereocenters. The van der Waals surface area contributed by atoms with E-state index in [0.29, 0.717) is 11.3 Å². The van der Waals surface area contributed by atoms with Crippen LogP contribution in [-0.4, -0.2) is 9.55 Å². The molecule has 108 valence electrons. The third kappa shape index (κ3) is 2.88. The highest BCUT2D eigenvalue weighted by atomic mass is 32.2. The minimum Gasteiger partial charge on any atom is -0.423 e. The maximum absolute atomic E-state index is 11.7. The molecule has 21 heavy (non-hydrogen) atoms. The van der Waals surface area contributed by atoms with Gasteiger partial charge in [-0.3, -0.25) is 0 Å². The van der Waals surface area contributed by atoms with E-state index in [4.69, 9.17) is 4.42 Å². The predicted octanol–water partition coefficient (Wildman–Crippen LogP) is 3.38. The third-order valence-electron chi connectivity index (χ3n) is 3.44. The molecule has 4 nitrogen and oxygen atoms in total. The zero-order valence-electron chi connectivity index (χ0n) is 12.0.